The Morgan fingerprint density at radius 2 is 1.29 bits per heavy atom. The van der Waals surface area contributed by atoms with Crippen LogP contribution in [-0.4, -0.2) is 76.7 Å². The summed E-state index contributed by atoms with van der Waals surface area (Å²) < 4.78 is 33.6. The van der Waals surface area contributed by atoms with E-state index in [1.165, 1.54) is 70.6 Å². The average molecular weight is 469 g/mol. The fourth-order valence-corrected chi connectivity index (χ4v) is 3.83. The number of hydrogen-bond donors (Lipinski definition) is 1. The number of phosphoric ester groups is 1. The zero-order chi connectivity index (χ0) is 23.4. The van der Waals surface area contributed by atoms with Gasteiger partial charge in [0.1, 0.15) is 19.3 Å². The maximum absolute atomic E-state index is 11.9. The van der Waals surface area contributed by atoms with Gasteiger partial charge in [0.05, 0.1) is 34.4 Å². The molecule has 0 fully saturated rings. The first-order valence-electron chi connectivity index (χ1n) is 12.2. The van der Waals surface area contributed by atoms with E-state index in [0.717, 1.165) is 6.42 Å². The molecule has 0 aromatic heterocycles. The van der Waals surface area contributed by atoms with E-state index in [-0.39, 0.29) is 19.3 Å². The summed E-state index contributed by atoms with van der Waals surface area (Å²) in [4.78, 5) is 9.76. The third-order valence-electron chi connectivity index (χ3n) is 5.22. The van der Waals surface area contributed by atoms with Gasteiger partial charge in [-0.3, -0.25) is 9.05 Å². The average Bonchev–Trinajstić information content (AvgIpc) is 2.69. The number of hydrogen-bond acceptors (Lipinski definition) is 5. The highest BCUT2D eigenvalue weighted by molar-refractivity contribution is 7.47. The second kappa shape index (κ2) is 19.5. The van der Waals surface area contributed by atoms with Gasteiger partial charge in [-0.05, 0) is 6.42 Å². The molecule has 0 rings (SSSR count). The quantitative estimate of drug-likeness (QED) is 0.120. The van der Waals surface area contributed by atoms with Crippen LogP contribution in [0.4, 0.5) is 0 Å². The Bertz CT molecular complexity index is 444. The summed E-state index contributed by atoms with van der Waals surface area (Å²) in [5.41, 5.74) is 0. The lowest BCUT2D eigenvalue weighted by Crippen LogP contribution is -2.37. The Labute approximate surface area is 192 Å². The van der Waals surface area contributed by atoms with Gasteiger partial charge in [-0.1, -0.05) is 77.6 Å². The maximum atomic E-state index is 11.9. The molecule has 0 heterocycles. The SMILES string of the molecule is CCCCCCCCCCCCCCOC[C@H](COP(=O)(O)OCC[N+](C)(C)C)OC. The summed E-state index contributed by atoms with van der Waals surface area (Å²) in [5.74, 6) is 0. The van der Waals surface area contributed by atoms with Crippen LogP contribution in [0.15, 0.2) is 0 Å². The van der Waals surface area contributed by atoms with E-state index in [9.17, 15) is 9.46 Å². The largest absolute Gasteiger partial charge is 0.472 e. The van der Waals surface area contributed by atoms with Gasteiger partial charge in [0.2, 0.25) is 0 Å². The highest BCUT2D eigenvalue weighted by atomic mass is 31.2. The van der Waals surface area contributed by atoms with E-state index in [1.807, 2.05) is 21.1 Å². The molecular formula is C23H51NO6P+. The number of rotatable bonds is 23. The minimum atomic E-state index is -4.06. The summed E-state index contributed by atoms with van der Waals surface area (Å²) in [6, 6.07) is 0. The lowest BCUT2D eigenvalue weighted by atomic mass is 10.1. The number of ether oxygens (including phenoxy) is 2. The van der Waals surface area contributed by atoms with Crippen molar-refractivity contribution in [2.24, 2.45) is 0 Å². The lowest BCUT2D eigenvalue weighted by molar-refractivity contribution is -0.870. The molecule has 0 radical (unpaired) electrons. The fraction of sp³-hybridized carbons (Fsp3) is 1.00. The van der Waals surface area contributed by atoms with Gasteiger partial charge in [0.25, 0.3) is 0 Å². The number of methoxy groups -OCH3 is 1. The summed E-state index contributed by atoms with van der Waals surface area (Å²) in [6.45, 7) is 4.01. The molecule has 0 amide bonds. The van der Waals surface area contributed by atoms with Gasteiger partial charge in [-0.15, -0.1) is 0 Å². The van der Waals surface area contributed by atoms with Crippen LogP contribution >= 0.6 is 7.82 Å². The number of nitrogens with zero attached hydrogens (tertiary/aromatic N) is 1. The van der Waals surface area contributed by atoms with Crippen LogP contribution in [0.2, 0.25) is 0 Å². The fourth-order valence-electron chi connectivity index (χ4n) is 3.09. The zero-order valence-corrected chi connectivity index (χ0v) is 21.9. The Hall–Kier alpha value is -0.0100. The predicted octanol–water partition coefficient (Wildman–Crippen LogP) is 5.56. The van der Waals surface area contributed by atoms with E-state index in [2.05, 4.69) is 6.92 Å². The van der Waals surface area contributed by atoms with E-state index in [1.54, 1.807) is 7.11 Å². The first-order valence-corrected chi connectivity index (χ1v) is 13.7. The topological polar surface area (TPSA) is 74.2 Å². The highest BCUT2D eigenvalue weighted by Gasteiger charge is 2.24. The molecule has 1 unspecified atom stereocenters. The summed E-state index contributed by atoms with van der Waals surface area (Å²) in [7, 11) is 3.44. The molecule has 31 heavy (non-hydrogen) atoms. The van der Waals surface area contributed by atoms with Gasteiger partial charge in [-0.2, -0.15) is 0 Å². The Kier molecular flexibility index (Phi) is 19.5. The van der Waals surface area contributed by atoms with Crippen molar-refractivity contribution in [1.82, 2.24) is 0 Å². The van der Waals surface area contributed by atoms with Crippen LogP contribution in [0.3, 0.4) is 0 Å². The second-order valence-electron chi connectivity index (χ2n) is 9.43. The molecule has 0 bridgehead atoms. The molecule has 0 spiro atoms. The van der Waals surface area contributed by atoms with Crippen LogP contribution in [0, 0.1) is 0 Å². The molecule has 0 aliphatic heterocycles. The van der Waals surface area contributed by atoms with Gasteiger partial charge < -0.3 is 18.9 Å². The van der Waals surface area contributed by atoms with Gasteiger partial charge in [-0.25, -0.2) is 4.57 Å². The third kappa shape index (κ3) is 23.0. The first kappa shape index (κ1) is 31.0. The number of phosphoric acid groups is 1. The van der Waals surface area contributed by atoms with E-state index >= 15 is 0 Å². The van der Waals surface area contributed by atoms with Crippen molar-refractivity contribution in [2.45, 2.75) is 90.1 Å². The van der Waals surface area contributed by atoms with Crippen molar-refractivity contribution in [1.29, 1.82) is 0 Å². The molecule has 188 valence electrons. The van der Waals surface area contributed by atoms with Crippen molar-refractivity contribution in [3.05, 3.63) is 0 Å². The Morgan fingerprint density at radius 3 is 1.77 bits per heavy atom. The lowest BCUT2D eigenvalue weighted by Gasteiger charge is -2.24. The predicted molar refractivity (Wildman–Crippen MR) is 127 cm³/mol. The summed E-state index contributed by atoms with van der Waals surface area (Å²) in [5, 5.41) is 0. The van der Waals surface area contributed by atoms with Crippen molar-refractivity contribution in [2.75, 3.05) is 61.2 Å². The highest BCUT2D eigenvalue weighted by Crippen LogP contribution is 2.43. The zero-order valence-electron chi connectivity index (χ0n) is 21.0. The van der Waals surface area contributed by atoms with Gasteiger partial charge in [0, 0.05) is 13.7 Å². The van der Waals surface area contributed by atoms with Crippen molar-refractivity contribution in [3.8, 4) is 0 Å². The van der Waals surface area contributed by atoms with E-state index < -0.39 is 7.82 Å². The minimum absolute atomic E-state index is 0.0346. The van der Waals surface area contributed by atoms with Gasteiger partial charge in [0.15, 0.2) is 0 Å². The van der Waals surface area contributed by atoms with Crippen LogP contribution in [0.5, 0.6) is 0 Å². The van der Waals surface area contributed by atoms with E-state index in [4.69, 9.17) is 18.5 Å². The Morgan fingerprint density at radius 1 is 0.774 bits per heavy atom. The summed E-state index contributed by atoms with van der Waals surface area (Å²) >= 11 is 0. The van der Waals surface area contributed by atoms with Crippen LogP contribution < -0.4 is 0 Å². The maximum Gasteiger partial charge on any atom is 0.472 e. The van der Waals surface area contributed by atoms with Crippen LogP contribution in [0.1, 0.15) is 84.0 Å². The smallest absolute Gasteiger partial charge is 0.379 e. The molecule has 1 N–H and O–H groups in total. The normalized spacial score (nSPS) is 15.2. The number of quaternary nitrogens is 1. The molecular weight excluding hydrogens is 417 g/mol. The monoisotopic (exact) mass is 468 g/mol. The van der Waals surface area contributed by atoms with Crippen LogP contribution in [0.25, 0.3) is 0 Å². The molecule has 0 aromatic rings. The molecule has 0 aliphatic rings. The van der Waals surface area contributed by atoms with E-state index in [0.29, 0.717) is 24.2 Å². The molecule has 0 saturated heterocycles. The molecule has 0 aliphatic carbocycles. The first-order chi connectivity index (χ1) is 14.7. The molecule has 0 saturated carbocycles. The molecule has 2 atom stereocenters. The number of likely N-dealkylation sites (N-methyl/N-ethyl adjacent to an activating group) is 1. The second-order valence-corrected chi connectivity index (χ2v) is 10.9. The molecule has 7 nitrogen and oxygen atoms in total. The third-order valence-corrected chi connectivity index (χ3v) is 6.20. The summed E-state index contributed by atoms with van der Waals surface area (Å²) in [6.07, 6.45) is 15.4. The van der Waals surface area contributed by atoms with Crippen molar-refractivity contribution >= 4 is 7.82 Å². The number of unbranched alkanes of at least 4 members (excludes halogenated alkanes) is 11. The van der Waals surface area contributed by atoms with Crippen LogP contribution in [-0.2, 0) is 23.1 Å². The molecule has 0 aromatic carbocycles. The van der Waals surface area contributed by atoms with Crippen molar-refractivity contribution in [3.63, 3.8) is 0 Å². The Balaban J connectivity index is 3.59. The molecule has 8 heteroatoms. The van der Waals surface area contributed by atoms with Crippen molar-refractivity contribution < 1.29 is 32.5 Å². The van der Waals surface area contributed by atoms with Gasteiger partial charge >= 0.3 is 7.82 Å². The standard InChI is InChI=1S/C23H50NO6P/c1-6-7-8-9-10-11-12-13-14-15-16-17-19-28-21-23(27-5)22-30-31(25,26)29-20-18-24(2,3)4/h23H,6-22H2,1-5H3/p+1/t23-/m1/s1. The minimum Gasteiger partial charge on any atom is -0.379 e.